The van der Waals surface area contributed by atoms with Crippen LogP contribution in [0.15, 0.2) is 41.2 Å². The van der Waals surface area contributed by atoms with Gasteiger partial charge in [0.2, 0.25) is 0 Å². The summed E-state index contributed by atoms with van der Waals surface area (Å²) in [6, 6.07) is 11.6. The van der Waals surface area contributed by atoms with Crippen molar-refractivity contribution in [2.24, 2.45) is 0 Å². The Morgan fingerprint density at radius 2 is 1.72 bits per heavy atom. The molecule has 0 amide bonds. The number of hydrogen-bond acceptors (Lipinski definition) is 6. The smallest absolute Gasteiger partial charge is 0.258 e. The summed E-state index contributed by atoms with van der Waals surface area (Å²) in [6.45, 7) is 11.1. The van der Waals surface area contributed by atoms with Gasteiger partial charge in [0.15, 0.2) is 0 Å². The predicted molar refractivity (Wildman–Crippen MR) is 126 cm³/mol. The zero-order chi connectivity index (χ0) is 22.7. The maximum Gasteiger partial charge on any atom is 0.258 e. The van der Waals surface area contributed by atoms with Gasteiger partial charge in [0, 0.05) is 32.7 Å². The van der Waals surface area contributed by atoms with E-state index in [1.54, 1.807) is 6.07 Å². The Kier molecular flexibility index (Phi) is 6.89. The van der Waals surface area contributed by atoms with E-state index in [1.807, 2.05) is 25.1 Å². The van der Waals surface area contributed by atoms with Gasteiger partial charge < -0.3 is 14.8 Å². The molecule has 0 unspecified atom stereocenters. The van der Waals surface area contributed by atoms with Gasteiger partial charge in [-0.05, 0) is 49.6 Å². The van der Waals surface area contributed by atoms with Crippen LogP contribution in [0.3, 0.4) is 0 Å². The van der Waals surface area contributed by atoms with Gasteiger partial charge in [0.1, 0.15) is 24.3 Å². The van der Waals surface area contributed by atoms with Gasteiger partial charge in [-0.2, -0.15) is 0 Å². The standard InChI is InChI=1S/C25H32N4O3/c1-17-8-9-18(2)24(19(17)3)32-16-20(30)14-28-10-12-29(13-11-28)15-23-26-22-7-5-4-6-21(22)25(31)27-23/h4-9,20,30H,10-16H2,1-3H3,(H,26,27,31)/t20-/m0/s1. The van der Waals surface area contributed by atoms with Crippen molar-refractivity contribution < 1.29 is 9.84 Å². The minimum atomic E-state index is -0.542. The van der Waals surface area contributed by atoms with Crippen LogP contribution in [0.4, 0.5) is 0 Å². The van der Waals surface area contributed by atoms with Crippen molar-refractivity contribution >= 4 is 10.9 Å². The van der Waals surface area contributed by atoms with Crippen LogP contribution in [-0.4, -0.2) is 70.3 Å². The van der Waals surface area contributed by atoms with Crippen molar-refractivity contribution in [1.82, 2.24) is 19.8 Å². The predicted octanol–water partition coefficient (Wildman–Crippen LogP) is 2.41. The molecule has 1 saturated heterocycles. The fourth-order valence-corrected chi connectivity index (χ4v) is 4.23. The monoisotopic (exact) mass is 436 g/mol. The number of para-hydroxylation sites is 1. The zero-order valence-corrected chi connectivity index (χ0v) is 19.1. The van der Waals surface area contributed by atoms with Gasteiger partial charge in [-0.1, -0.05) is 24.3 Å². The Bertz CT molecular complexity index is 1140. The second kappa shape index (κ2) is 9.81. The maximum atomic E-state index is 12.3. The van der Waals surface area contributed by atoms with Crippen LogP contribution in [0, 0.1) is 20.8 Å². The lowest BCUT2D eigenvalue weighted by Gasteiger charge is -2.35. The molecule has 1 atom stereocenters. The quantitative estimate of drug-likeness (QED) is 0.592. The number of aromatic amines is 1. The highest BCUT2D eigenvalue weighted by Gasteiger charge is 2.21. The minimum Gasteiger partial charge on any atom is -0.490 e. The fourth-order valence-electron chi connectivity index (χ4n) is 4.23. The fraction of sp³-hybridized carbons (Fsp3) is 0.440. The molecule has 0 aliphatic carbocycles. The lowest BCUT2D eigenvalue weighted by Crippen LogP contribution is -2.49. The van der Waals surface area contributed by atoms with Gasteiger partial charge in [-0.3, -0.25) is 14.6 Å². The number of ether oxygens (including phenoxy) is 1. The molecule has 0 spiro atoms. The number of aliphatic hydroxyl groups excluding tert-OH is 1. The van der Waals surface area contributed by atoms with Crippen molar-refractivity contribution in [3.63, 3.8) is 0 Å². The molecular formula is C25H32N4O3. The third kappa shape index (κ3) is 5.18. The minimum absolute atomic E-state index is 0.0913. The maximum absolute atomic E-state index is 12.3. The number of β-amino-alcohol motifs (C(OH)–C–C–N with tert-alkyl or cyclic N) is 1. The highest BCUT2D eigenvalue weighted by atomic mass is 16.5. The first-order chi connectivity index (χ1) is 15.4. The molecule has 7 nitrogen and oxygen atoms in total. The molecule has 7 heteroatoms. The number of piperazine rings is 1. The normalized spacial score (nSPS) is 16.4. The number of nitrogens with zero attached hydrogens (tertiary/aromatic N) is 3. The number of fused-ring (bicyclic) bond motifs is 1. The highest BCUT2D eigenvalue weighted by Crippen LogP contribution is 2.25. The summed E-state index contributed by atoms with van der Waals surface area (Å²) in [5, 5.41) is 11.1. The first-order valence-electron chi connectivity index (χ1n) is 11.2. The van der Waals surface area contributed by atoms with E-state index in [2.05, 4.69) is 45.7 Å². The third-order valence-corrected chi connectivity index (χ3v) is 6.26. The Labute approximate surface area is 188 Å². The lowest BCUT2D eigenvalue weighted by atomic mass is 10.1. The summed E-state index contributed by atoms with van der Waals surface area (Å²) >= 11 is 0. The van der Waals surface area contributed by atoms with Crippen LogP contribution in [0.2, 0.25) is 0 Å². The number of aryl methyl sites for hydroxylation is 2. The van der Waals surface area contributed by atoms with Crippen molar-refractivity contribution in [3.05, 3.63) is 69.3 Å². The molecule has 2 N–H and O–H groups in total. The highest BCUT2D eigenvalue weighted by molar-refractivity contribution is 5.77. The van der Waals surface area contributed by atoms with Crippen molar-refractivity contribution in [2.45, 2.75) is 33.4 Å². The van der Waals surface area contributed by atoms with E-state index in [9.17, 15) is 9.90 Å². The SMILES string of the molecule is Cc1ccc(C)c(OC[C@@H](O)CN2CCN(Cc3nc4ccccc4c(=O)[nH]3)CC2)c1C. The molecular weight excluding hydrogens is 404 g/mol. The molecule has 4 rings (SSSR count). The summed E-state index contributed by atoms with van der Waals surface area (Å²) in [5.74, 6) is 1.57. The van der Waals surface area contributed by atoms with Crippen LogP contribution < -0.4 is 10.3 Å². The number of rotatable bonds is 7. The summed E-state index contributed by atoms with van der Waals surface area (Å²) < 4.78 is 5.97. The summed E-state index contributed by atoms with van der Waals surface area (Å²) in [6.07, 6.45) is -0.542. The van der Waals surface area contributed by atoms with E-state index in [-0.39, 0.29) is 12.2 Å². The number of H-pyrrole nitrogens is 1. The molecule has 3 aromatic rings. The second-order valence-electron chi connectivity index (χ2n) is 8.72. The van der Waals surface area contributed by atoms with E-state index >= 15 is 0 Å². The first-order valence-corrected chi connectivity index (χ1v) is 11.2. The molecule has 0 bridgehead atoms. The molecule has 170 valence electrons. The van der Waals surface area contributed by atoms with Crippen LogP contribution in [0.5, 0.6) is 5.75 Å². The second-order valence-corrected chi connectivity index (χ2v) is 8.72. The molecule has 32 heavy (non-hydrogen) atoms. The zero-order valence-electron chi connectivity index (χ0n) is 19.1. The molecule has 0 radical (unpaired) electrons. The van der Waals surface area contributed by atoms with E-state index in [4.69, 9.17) is 4.74 Å². The molecule has 2 aromatic carbocycles. The van der Waals surface area contributed by atoms with Gasteiger partial charge >= 0.3 is 0 Å². The Hall–Kier alpha value is -2.74. The van der Waals surface area contributed by atoms with Gasteiger partial charge in [0.05, 0.1) is 17.4 Å². The Morgan fingerprint density at radius 3 is 2.50 bits per heavy atom. The molecule has 1 fully saturated rings. The average Bonchev–Trinajstić information content (AvgIpc) is 2.78. The third-order valence-electron chi connectivity index (χ3n) is 6.26. The van der Waals surface area contributed by atoms with Gasteiger partial charge in [-0.15, -0.1) is 0 Å². The van der Waals surface area contributed by atoms with Gasteiger partial charge in [-0.25, -0.2) is 4.98 Å². The van der Waals surface area contributed by atoms with Crippen molar-refractivity contribution in [2.75, 3.05) is 39.3 Å². The number of benzene rings is 2. The van der Waals surface area contributed by atoms with Crippen LogP contribution in [0.25, 0.3) is 10.9 Å². The average molecular weight is 437 g/mol. The van der Waals surface area contributed by atoms with Crippen LogP contribution in [0.1, 0.15) is 22.5 Å². The number of nitrogens with one attached hydrogen (secondary N) is 1. The number of aliphatic hydroxyl groups is 1. The van der Waals surface area contributed by atoms with E-state index < -0.39 is 6.10 Å². The number of hydrogen-bond donors (Lipinski definition) is 2. The molecule has 1 aromatic heterocycles. The van der Waals surface area contributed by atoms with E-state index in [1.165, 1.54) is 5.56 Å². The molecule has 1 aliphatic heterocycles. The number of aromatic nitrogens is 2. The van der Waals surface area contributed by atoms with Crippen LogP contribution in [-0.2, 0) is 6.54 Å². The lowest BCUT2D eigenvalue weighted by molar-refractivity contribution is 0.0438. The Balaban J connectivity index is 1.26. The molecule has 1 aliphatic rings. The summed E-state index contributed by atoms with van der Waals surface area (Å²) in [5.41, 5.74) is 4.05. The van der Waals surface area contributed by atoms with Gasteiger partial charge in [0.25, 0.3) is 5.56 Å². The van der Waals surface area contributed by atoms with Crippen molar-refractivity contribution in [3.8, 4) is 5.75 Å². The topological polar surface area (TPSA) is 81.7 Å². The van der Waals surface area contributed by atoms with Crippen molar-refractivity contribution in [1.29, 1.82) is 0 Å². The molecule has 0 saturated carbocycles. The Morgan fingerprint density at radius 1 is 1.03 bits per heavy atom. The van der Waals surface area contributed by atoms with Crippen LogP contribution >= 0.6 is 0 Å². The summed E-state index contributed by atoms with van der Waals surface area (Å²) in [4.78, 5) is 24.3. The van der Waals surface area contributed by atoms with E-state index in [0.29, 0.717) is 24.3 Å². The first kappa shape index (κ1) is 22.5. The molecule has 2 heterocycles. The largest absolute Gasteiger partial charge is 0.490 e. The summed E-state index contributed by atoms with van der Waals surface area (Å²) in [7, 11) is 0. The van der Waals surface area contributed by atoms with E-state index in [0.717, 1.165) is 48.6 Å².